The minimum absolute atomic E-state index is 0.000237. The summed E-state index contributed by atoms with van der Waals surface area (Å²) in [5.41, 5.74) is -0.0794. The van der Waals surface area contributed by atoms with Gasteiger partial charge in [0.2, 0.25) is 6.79 Å². The van der Waals surface area contributed by atoms with Gasteiger partial charge in [-0.1, -0.05) is 19.9 Å². The Morgan fingerprint density at radius 3 is 2.43 bits per heavy atom. The topological polar surface area (TPSA) is 183 Å². The summed E-state index contributed by atoms with van der Waals surface area (Å²) in [4.78, 5) is 37.4. The standard InChI is InChI=1S/C30H42N2O13S/c1-17(2)13-20(31-29(35)45-30(4,5)6)28(34)32-46(36,37)41-15-24-27-26(42-18(3)43-27)22(44-24)11-12-38-25(33)10-8-19-7-9-21-23(14-19)40-16-39-21/h7-10,14,17-18,20,22,24,26-27H,11-13,15-16H2,1-6H3,(H,31,35)(H,32,34)/b10-8+. The fourth-order valence-corrected chi connectivity index (χ4v) is 5.77. The summed E-state index contributed by atoms with van der Waals surface area (Å²) in [5, 5.41) is 2.41. The van der Waals surface area contributed by atoms with Crippen LogP contribution in [0.2, 0.25) is 0 Å². The van der Waals surface area contributed by atoms with Crippen molar-refractivity contribution in [3.05, 3.63) is 29.8 Å². The molecule has 0 radical (unpaired) electrons. The molecule has 0 aromatic heterocycles. The highest BCUT2D eigenvalue weighted by Gasteiger charge is 2.52. The maximum Gasteiger partial charge on any atom is 0.408 e. The molecule has 3 heterocycles. The Labute approximate surface area is 268 Å². The largest absolute Gasteiger partial charge is 0.462 e. The van der Waals surface area contributed by atoms with E-state index >= 15 is 0 Å². The number of esters is 1. The van der Waals surface area contributed by atoms with E-state index in [0.717, 1.165) is 5.56 Å². The number of hydrogen-bond donors (Lipinski definition) is 2. The number of nitrogens with one attached hydrogen (secondary N) is 2. The Kier molecular flexibility index (Phi) is 11.5. The molecule has 256 valence electrons. The van der Waals surface area contributed by atoms with Gasteiger partial charge >= 0.3 is 22.4 Å². The lowest BCUT2D eigenvalue weighted by atomic mass is 10.0. The molecule has 16 heteroatoms. The molecule has 6 unspecified atom stereocenters. The van der Waals surface area contributed by atoms with Crippen LogP contribution in [0.3, 0.4) is 0 Å². The Balaban J connectivity index is 1.26. The smallest absolute Gasteiger partial charge is 0.408 e. The second-order valence-corrected chi connectivity index (χ2v) is 13.8. The van der Waals surface area contributed by atoms with Gasteiger partial charge in [-0.2, -0.15) is 8.42 Å². The summed E-state index contributed by atoms with van der Waals surface area (Å²) in [7, 11) is -4.60. The minimum Gasteiger partial charge on any atom is -0.462 e. The molecular formula is C30H42N2O13S. The molecule has 1 aromatic carbocycles. The molecule has 15 nitrogen and oxygen atoms in total. The lowest BCUT2D eigenvalue weighted by Gasteiger charge is -2.24. The van der Waals surface area contributed by atoms with Crippen LogP contribution in [0, 0.1) is 5.92 Å². The maximum absolute atomic E-state index is 12.8. The van der Waals surface area contributed by atoms with Gasteiger partial charge in [-0.25, -0.2) is 14.3 Å². The molecular weight excluding hydrogens is 628 g/mol. The Bertz CT molecular complexity index is 1390. The normalized spacial score (nSPS) is 24.5. The lowest BCUT2D eigenvalue weighted by molar-refractivity contribution is -0.143. The highest BCUT2D eigenvalue weighted by Crippen LogP contribution is 2.36. The van der Waals surface area contributed by atoms with Crippen molar-refractivity contribution in [3.8, 4) is 11.5 Å². The minimum atomic E-state index is -4.60. The number of alkyl carbamates (subject to hydrolysis) is 1. The van der Waals surface area contributed by atoms with Crippen molar-refractivity contribution in [2.45, 2.75) is 96.7 Å². The van der Waals surface area contributed by atoms with E-state index in [-0.39, 0.29) is 32.2 Å². The van der Waals surface area contributed by atoms with E-state index in [1.807, 2.05) is 18.6 Å². The van der Waals surface area contributed by atoms with Gasteiger partial charge in [-0.15, -0.1) is 0 Å². The zero-order valence-electron chi connectivity index (χ0n) is 26.7. The van der Waals surface area contributed by atoms with E-state index in [1.54, 1.807) is 52.0 Å². The second kappa shape index (κ2) is 15.0. The third-order valence-corrected chi connectivity index (χ3v) is 7.78. The number of carbonyl (C=O) groups is 3. The highest BCUT2D eigenvalue weighted by atomic mass is 32.2. The highest BCUT2D eigenvalue weighted by molar-refractivity contribution is 7.85. The Hall–Kier alpha value is -3.44. The zero-order valence-corrected chi connectivity index (χ0v) is 27.5. The van der Waals surface area contributed by atoms with Crippen molar-refractivity contribution >= 4 is 34.3 Å². The van der Waals surface area contributed by atoms with Gasteiger partial charge < -0.3 is 38.5 Å². The maximum atomic E-state index is 12.8. The number of hydrogen-bond acceptors (Lipinski definition) is 13. The molecule has 0 bridgehead atoms. The monoisotopic (exact) mass is 670 g/mol. The third kappa shape index (κ3) is 10.3. The molecule has 6 atom stereocenters. The fourth-order valence-electron chi connectivity index (χ4n) is 5.01. The van der Waals surface area contributed by atoms with Gasteiger partial charge in [0.1, 0.15) is 30.0 Å². The first-order chi connectivity index (χ1) is 21.6. The predicted octanol–water partition coefficient (Wildman–Crippen LogP) is 2.58. The van der Waals surface area contributed by atoms with Gasteiger partial charge in [0.25, 0.3) is 5.91 Å². The van der Waals surface area contributed by atoms with Crippen LogP contribution in [0.25, 0.3) is 6.08 Å². The van der Waals surface area contributed by atoms with Crippen LogP contribution >= 0.6 is 0 Å². The lowest BCUT2D eigenvalue weighted by Crippen LogP contribution is -2.50. The second-order valence-electron chi connectivity index (χ2n) is 12.4. The van der Waals surface area contributed by atoms with Crippen molar-refractivity contribution in [1.29, 1.82) is 0 Å². The quantitative estimate of drug-likeness (QED) is 0.231. The van der Waals surface area contributed by atoms with Crippen molar-refractivity contribution in [1.82, 2.24) is 10.0 Å². The van der Waals surface area contributed by atoms with E-state index < -0.39 is 77.2 Å². The summed E-state index contributed by atoms with van der Waals surface area (Å²) >= 11 is 0. The molecule has 0 spiro atoms. The summed E-state index contributed by atoms with van der Waals surface area (Å²) in [6.45, 7) is 9.98. The fraction of sp³-hybridized carbons (Fsp3) is 0.633. The molecule has 1 aromatic rings. The van der Waals surface area contributed by atoms with Gasteiger partial charge in [0, 0.05) is 12.5 Å². The van der Waals surface area contributed by atoms with E-state index in [9.17, 15) is 22.8 Å². The van der Waals surface area contributed by atoms with E-state index in [0.29, 0.717) is 11.5 Å². The number of amides is 2. The zero-order chi connectivity index (χ0) is 33.6. The summed E-state index contributed by atoms with van der Waals surface area (Å²) in [6.07, 6.45) is -0.824. The van der Waals surface area contributed by atoms with Crippen molar-refractivity contribution < 1.29 is 60.1 Å². The SMILES string of the molecule is CC(C)CC(NC(=O)OC(C)(C)C)C(=O)NS(=O)(=O)OCC1OC(CCOC(=O)/C=C/c2ccc3c(c2)OCO3)C2OC(C)OC12. The first-order valence-corrected chi connectivity index (χ1v) is 16.4. The van der Waals surface area contributed by atoms with Crippen LogP contribution in [-0.4, -0.2) is 88.7 Å². The number of ether oxygens (including phenoxy) is 7. The van der Waals surface area contributed by atoms with Gasteiger partial charge in [-0.05, 0) is 63.8 Å². The van der Waals surface area contributed by atoms with Crippen LogP contribution in [0.15, 0.2) is 24.3 Å². The molecule has 0 saturated carbocycles. The number of benzene rings is 1. The van der Waals surface area contributed by atoms with Crippen LogP contribution in [0.1, 0.15) is 59.9 Å². The predicted molar refractivity (Wildman–Crippen MR) is 161 cm³/mol. The van der Waals surface area contributed by atoms with Crippen LogP contribution in [-0.2, 0) is 47.8 Å². The van der Waals surface area contributed by atoms with E-state index in [1.165, 1.54) is 6.08 Å². The van der Waals surface area contributed by atoms with Crippen LogP contribution < -0.4 is 19.5 Å². The number of fused-ring (bicyclic) bond motifs is 2. The van der Waals surface area contributed by atoms with Crippen LogP contribution in [0.4, 0.5) is 4.79 Å². The average molecular weight is 671 g/mol. The van der Waals surface area contributed by atoms with Crippen molar-refractivity contribution in [2.24, 2.45) is 5.92 Å². The molecule has 2 fully saturated rings. The molecule has 3 aliphatic rings. The van der Waals surface area contributed by atoms with Gasteiger partial charge in [0.05, 0.1) is 19.3 Å². The molecule has 2 saturated heterocycles. The molecule has 4 rings (SSSR count). The molecule has 3 aliphatic heterocycles. The van der Waals surface area contributed by atoms with Crippen molar-refractivity contribution in [2.75, 3.05) is 20.0 Å². The average Bonchev–Trinajstić information content (AvgIpc) is 3.64. The first-order valence-electron chi connectivity index (χ1n) is 15.0. The molecule has 2 N–H and O–H groups in total. The number of carbonyl (C=O) groups excluding carboxylic acids is 3. The van der Waals surface area contributed by atoms with Crippen molar-refractivity contribution in [3.63, 3.8) is 0 Å². The van der Waals surface area contributed by atoms with E-state index in [4.69, 9.17) is 37.3 Å². The van der Waals surface area contributed by atoms with Crippen LogP contribution in [0.5, 0.6) is 11.5 Å². The van der Waals surface area contributed by atoms with E-state index in [2.05, 4.69) is 5.32 Å². The first kappa shape index (κ1) is 35.4. The summed E-state index contributed by atoms with van der Waals surface area (Å²) in [6, 6.07) is 4.09. The van der Waals surface area contributed by atoms with Gasteiger partial charge in [0.15, 0.2) is 17.8 Å². The third-order valence-electron chi connectivity index (χ3n) is 6.89. The summed E-state index contributed by atoms with van der Waals surface area (Å²) < 4.78 is 71.0. The molecule has 0 aliphatic carbocycles. The summed E-state index contributed by atoms with van der Waals surface area (Å²) in [5.74, 6) is -0.373. The Morgan fingerprint density at radius 2 is 1.74 bits per heavy atom. The number of rotatable bonds is 13. The molecule has 46 heavy (non-hydrogen) atoms. The molecule has 2 amide bonds. The Morgan fingerprint density at radius 1 is 1.04 bits per heavy atom. The van der Waals surface area contributed by atoms with Gasteiger partial charge in [-0.3, -0.25) is 8.98 Å².